The number of allylic oxidation sites excluding steroid dienone is 1. The Kier molecular flexibility index (Phi) is 4.20. The summed E-state index contributed by atoms with van der Waals surface area (Å²) in [5.74, 6) is -1.84. The summed E-state index contributed by atoms with van der Waals surface area (Å²) >= 11 is 0. The van der Waals surface area contributed by atoms with Gasteiger partial charge >= 0.3 is 6.18 Å². The van der Waals surface area contributed by atoms with Crippen LogP contribution in [0, 0.1) is 0 Å². The number of alkyl halides is 3. The lowest BCUT2D eigenvalue weighted by molar-refractivity contribution is -0.165. The van der Waals surface area contributed by atoms with Crippen molar-refractivity contribution in [2.24, 2.45) is 0 Å². The minimum atomic E-state index is -4.83. The van der Waals surface area contributed by atoms with Gasteiger partial charge in [-0.05, 0) is 19.8 Å². The molecule has 0 aliphatic carbocycles. The summed E-state index contributed by atoms with van der Waals surface area (Å²) in [5, 5.41) is 0. The van der Waals surface area contributed by atoms with Gasteiger partial charge in [-0.15, -0.1) is 0 Å². The maximum Gasteiger partial charge on any atom is 0.454 e. The number of ketones is 1. The van der Waals surface area contributed by atoms with E-state index in [0.717, 1.165) is 12.8 Å². The Morgan fingerprint density at radius 2 is 1.94 bits per heavy atom. The zero-order valence-corrected chi connectivity index (χ0v) is 9.01. The van der Waals surface area contributed by atoms with E-state index in [0.29, 0.717) is 19.2 Å². The predicted octanol–water partition coefficient (Wildman–Crippen LogP) is 2.09. The lowest BCUT2D eigenvalue weighted by Crippen LogP contribution is -2.26. The lowest BCUT2D eigenvalue weighted by Gasteiger charge is -2.20. The quantitative estimate of drug-likeness (QED) is 0.554. The minimum absolute atomic E-state index is 0.0299. The Hall–Kier alpha value is -1.20. The molecule has 0 aromatic rings. The van der Waals surface area contributed by atoms with Crippen LogP contribution >= 0.6 is 0 Å². The number of likely N-dealkylation sites (tertiary alicyclic amines) is 1. The average Bonchev–Trinajstić information content (AvgIpc) is 2.68. The van der Waals surface area contributed by atoms with Crippen LogP contribution in [0.4, 0.5) is 13.2 Å². The van der Waals surface area contributed by atoms with Crippen molar-refractivity contribution < 1.29 is 22.7 Å². The van der Waals surface area contributed by atoms with Gasteiger partial charge in [0.1, 0.15) is 0 Å². The van der Waals surface area contributed by atoms with Crippen molar-refractivity contribution in [2.75, 3.05) is 19.7 Å². The van der Waals surface area contributed by atoms with Crippen molar-refractivity contribution in [3.8, 4) is 0 Å². The molecule has 1 heterocycles. The Morgan fingerprint density at radius 1 is 1.38 bits per heavy atom. The fraction of sp³-hybridized carbons (Fsp3) is 0.700. The van der Waals surface area contributed by atoms with E-state index in [-0.39, 0.29) is 12.5 Å². The fourth-order valence-corrected chi connectivity index (χ4v) is 1.50. The molecule has 1 rings (SSSR count). The summed E-state index contributed by atoms with van der Waals surface area (Å²) in [7, 11) is 0. The summed E-state index contributed by atoms with van der Waals surface area (Å²) in [4.78, 5) is 12.5. The molecule has 1 aliphatic heterocycles. The van der Waals surface area contributed by atoms with Crippen LogP contribution in [0.3, 0.4) is 0 Å². The van der Waals surface area contributed by atoms with Gasteiger partial charge in [-0.25, -0.2) is 0 Å². The third kappa shape index (κ3) is 3.43. The van der Waals surface area contributed by atoms with Crippen molar-refractivity contribution in [1.29, 1.82) is 0 Å². The first-order chi connectivity index (χ1) is 7.45. The largest absolute Gasteiger partial charge is 0.479 e. The molecule has 0 amide bonds. The lowest BCUT2D eigenvalue weighted by atomic mass is 10.3. The summed E-state index contributed by atoms with van der Waals surface area (Å²) in [6.45, 7) is 3.18. The molecule has 0 radical (unpaired) electrons. The molecule has 0 unspecified atom stereocenters. The van der Waals surface area contributed by atoms with E-state index in [1.807, 2.05) is 0 Å². The zero-order chi connectivity index (χ0) is 12.2. The van der Waals surface area contributed by atoms with Gasteiger partial charge in [0.2, 0.25) is 0 Å². The van der Waals surface area contributed by atoms with E-state index in [1.165, 1.54) is 0 Å². The molecular weight excluding hydrogens is 223 g/mol. The van der Waals surface area contributed by atoms with Gasteiger partial charge in [-0.2, -0.15) is 13.2 Å². The normalized spacial score (nSPS) is 17.8. The highest BCUT2D eigenvalue weighted by molar-refractivity contribution is 5.94. The maximum atomic E-state index is 12.1. The summed E-state index contributed by atoms with van der Waals surface area (Å²) in [5.41, 5.74) is 0. The molecule has 0 bridgehead atoms. The fourth-order valence-electron chi connectivity index (χ4n) is 1.50. The number of halogens is 3. The first kappa shape index (κ1) is 12.9. The molecule has 16 heavy (non-hydrogen) atoms. The Labute approximate surface area is 91.9 Å². The van der Waals surface area contributed by atoms with E-state index in [1.54, 1.807) is 11.8 Å². The van der Waals surface area contributed by atoms with Crippen molar-refractivity contribution in [3.63, 3.8) is 0 Å². The zero-order valence-electron chi connectivity index (χ0n) is 9.01. The van der Waals surface area contributed by atoms with E-state index >= 15 is 0 Å². The number of hydrogen-bond acceptors (Lipinski definition) is 3. The maximum absolute atomic E-state index is 12.1. The molecule has 0 atom stereocenters. The van der Waals surface area contributed by atoms with Gasteiger partial charge in [0.25, 0.3) is 5.78 Å². The van der Waals surface area contributed by atoms with Gasteiger partial charge in [0, 0.05) is 13.1 Å². The van der Waals surface area contributed by atoms with Crippen LogP contribution in [-0.2, 0) is 9.53 Å². The summed E-state index contributed by atoms with van der Waals surface area (Å²) < 4.78 is 41.3. The van der Waals surface area contributed by atoms with Gasteiger partial charge in [-0.3, -0.25) is 4.79 Å². The predicted molar refractivity (Wildman–Crippen MR) is 51.6 cm³/mol. The monoisotopic (exact) mass is 237 g/mol. The smallest absolute Gasteiger partial charge is 0.454 e. The van der Waals surface area contributed by atoms with Crippen LogP contribution in [0.15, 0.2) is 12.0 Å². The highest BCUT2D eigenvalue weighted by Gasteiger charge is 2.37. The Morgan fingerprint density at radius 3 is 2.38 bits per heavy atom. The second-order valence-electron chi connectivity index (χ2n) is 3.47. The third-order valence-electron chi connectivity index (χ3n) is 2.24. The number of rotatable bonds is 4. The number of ether oxygens (including phenoxy) is 1. The van der Waals surface area contributed by atoms with Gasteiger partial charge in [0.05, 0.1) is 12.7 Å². The molecular formula is C10H14F3NO2. The molecule has 0 spiro atoms. The third-order valence-corrected chi connectivity index (χ3v) is 2.24. The van der Waals surface area contributed by atoms with Gasteiger partial charge < -0.3 is 9.64 Å². The molecule has 0 aromatic heterocycles. The molecule has 1 fully saturated rings. The number of nitrogens with zero attached hydrogens (tertiary/aromatic N) is 1. The first-order valence-electron chi connectivity index (χ1n) is 5.15. The first-order valence-corrected chi connectivity index (χ1v) is 5.15. The standard InChI is InChI=1S/C10H14F3NO2/c1-2-16-9(14-5-3-4-6-14)7-8(15)10(11,12)13/h7H,2-6H2,1H3. The average molecular weight is 237 g/mol. The van der Waals surface area contributed by atoms with E-state index in [9.17, 15) is 18.0 Å². The molecule has 1 aliphatic rings. The van der Waals surface area contributed by atoms with Crippen molar-refractivity contribution in [1.82, 2.24) is 4.90 Å². The SMILES string of the molecule is CCOC(=CC(=O)C(F)(F)F)N1CCCC1. The van der Waals surface area contributed by atoms with Gasteiger partial charge in [0.15, 0.2) is 5.88 Å². The van der Waals surface area contributed by atoms with Crippen LogP contribution < -0.4 is 0 Å². The van der Waals surface area contributed by atoms with E-state index in [2.05, 4.69) is 0 Å². The number of carbonyl (C=O) groups excluding carboxylic acids is 1. The van der Waals surface area contributed by atoms with E-state index < -0.39 is 12.0 Å². The highest BCUT2D eigenvalue weighted by atomic mass is 19.4. The number of hydrogen-bond donors (Lipinski definition) is 0. The molecule has 0 N–H and O–H groups in total. The summed E-state index contributed by atoms with van der Waals surface area (Å²) in [6.07, 6.45) is -2.48. The van der Waals surface area contributed by atoms with Gasteiger partial charge in [-0.1, -0.05) is 0 Å². The molecule has 92 valence electrons. The highest BCUT2D eigenvalue weighted by Crippen LogP contribution is 2.20. The second kappa shape index (κ2) is 5.23. The van der Waals surface area contributed by atoms with Crippen LogP contribution in [0.1, 0.15) is 19.8 Å². The molecule has 3 nitrogen and oxygen atoms in total. The molecule has 0 aromatic carbocycles. The van der Waals surface area contributed by atoms with Crippen LogP contribution in [0.2, 0.25) is 0 Å². The van der Waals surface area contributed by atoms with E-state index in [4.69, 9.17) is 4.74 Å². The number of carbonyl (C=O) groups is 1. The molecule has 1 saturated heterocycles. The van der Waals surface area contributed by atoms with Crippen LogP contribution in [0.5, 0.6) is 0 Å². The Balaban J connectivity index is 2.75. The Bertz CT molecular complexity index is 280. The van der Waals surface area contributed by atoms with Crippen molar-refractivity contribution in [3.05, 3.63) is 12.0 Å². The molecule has 0 saturated carbocycles. The van der Waals surface area contributed by atoms with Crippen LogP contribution in [-0.4, -0.2) is 36.6 Å². The topological polar surface area (TPSA) is 29.5 Å². The van der Waals surface area contributed by atoms with Crippen molar-refractivity contribution in [2.45, 2.75) is 25.9 Å². The minimum Gasteiger partial charge on any atom is -0.479 e. The van der Waals surface area contributed by atoms with Crippen molar-refractivity contribution >= 4 is 5.78 Å². The summed E-state index contributed by atoms with van der Waals surface area (Å²) in [6, 6.07) is 0. The van der Waals surface area contributed by atoms with Crippen LogP contribution in [0.25, 0.3) is 0 Å². The molecule has 6 heteroatoms. The second-order valence-corrected chi connectivity index (χ2v) is 3.47.